The Kier molecular flexibility index (Phi) is 12.7. The van der Waals surface area contributed by atoms with Crippen molar-refractivity contribution in [2.45, 2.75) is 50.9 Å². The number of fused-ring (bicyclic) bond motifs is 4. The first kappa shape index (κ1) is 41.6. The lowest BCUT2D eigenvalue weighted by atomic mass is 10.0. The van der Waals surface area contributed by atoms with Crippen molar-refractivity contribution in [3.63, 3.8) is 0 Å². The van der Waals surface area contributed by atoms with Gasteiger partial charge in [-0.2, -0.15) is 0 Å². The van der Waals surface area contributed by atoms with Crippen LogP contribution in [-0.2, 0) is 41.6 Å². The number of methoxy groups -OCH3 is 1. The zero-order chi connectivity index (χ0) is 42.4. The molecule has 5 aromatic rings. The highest BCUT2D eigenvalue weighted by Gasteiger charge is 2.31. The van der Waals surface area contributed by atoms with Crippen molar-refractivity contribution in [2.24, 2.45) is 0 Å². The number of rotatable bonds is 5. The number of hydrogen-bond donors (Lipinski definition) is 8. The van der Waals surface area contributed by atoms with Crippen molar-refractivity contribution in [1.82, 2.24) is 51.8 Å². The molecule has 19 heteroatoms. The fourth-order valence-electron chi connectivity index (χ4n) is 6.53. The Balaban J connectivity index is 1.33. The molecule has 18 nitrogen and oxygen atoms in total. The summed E-state index contributed by atoms with van der Waals surface area (Å²) in [5.41, 5.74) is 2.58. The summed E-state index contributed by atoms with van der Waals surface area (Å²) >= 11 is 1.11. The summed E-state index contributed by atoms with van der Waals surface area (Å²) < 4.78 is 5.41. The molecule has 4 heterocycles. The molecule has 2 aromatic carbocycles. The maximum Gasteiger partial charge on any atom is 0.271 e. The van der Waals surface area contributed by atoms with Crippen LogP contribution in [0.2, 0.25) is 0 Å². The number of ether oxygens (including phenoxy) is 1. The van der Waals surface area contributed by atoms with Gasteiger partial charge in [0.1, 0.15) is 34.6 Å². The zero-order valence-corrected chi connectivity index (χ0v) is 33.5. The van der Waals surface area contributed by atoms with Gasteiger partial charge in [-0.25, -0.2) is 4.98 Å². The molecule has 3 aromatic heterocycles. The minimum atomic E-state index is -1.27. The van der Waals surface area contributed by atoms with Gasteiger partial charge in [-0.15, -0.1) is 11.3 Å². The number of aromatic amines is 2. The largest absolute Gasteiger partial charge is 0.497 e. The van der Waals surface area contributed by atoms with E-state index in [2.05, 4.69) is 53.4 Å². The molecule has 0 aliphatic carbocycles. The second-order valence-corrected chi connectivity index (χ2v) is 15.0. The number of para-hydroxylation sites is 1. The fraction of sp³-hybridized carbons (Fsp3) is 0.300. The van der Waals surface area contributed by atoms with E-state index in [1.54, 1.807) is 31.5 Å². The van der Waals surface area contributed by atoms with E-state index in [0.717, 1.165) is 43.6 Å². The first-order valence-electron chi connectivity index (χ1n) is 18.6. The van der Waals surface area contributed by atoms with E-state index in [1.165, 1.54) is 26.5 Å². The Morgan fingerprint density at radius 1 is 0.797 bits per heavy atom. The number of thiazole rings is 1. The van der Waals surface area contributed by atoms with Gasteiger partial charge in [0.05, 0.1) is 31.9 Å². The van der Waals surface area contributed by atoms with E-state index in [1.807, 2.05) is 30.3 Å². The Bertz CT molecular complexity index is 2450. The number of hydrogen-bond acceptors (Lipinski definition) is 10. The van der Waals surface area contributed by atoms with Gasteiger partial charge < -0.3 is 51.5 Å². The van der Waals surface area contributed by atoms with Crippen LogP contribution in [0, 0.1) is 0 Å². The molecule has 2 bridgehead atoms. The van der Waals surface area contributed by atoms with Crippen molar-refractivity contribution in [1.29, 1.82) is 0 Å². The number of nitrogens with zero attached hydrogens (tertiary/aromatic N) is 2. The van der Waals surface area contributed by atoms with Crippen LogP contribution in [0.3, 0.4) is 0 Å². The highest BCUT2D eigenvalue weighted by atomic mass is 32.1. The first-order valence-corrected chi connectivity index (χ1v) is 19.5. The van der Waals surface area contributed by atoms with Crippen LogP contribution in [0.4, 0.5) is 0 Å². The van der Waals surface area contributed by atoms with Gasteiger partial charge in [-0.05, 0) is 49.2 Å². The summed E-state index contributed by atoms with van der Waals surface area (Å²) in [7, 11) is 2.87. The molecule has 7 amide bonds. The molecular formula is C40H44N10O8S. The van der Waals surface area contributed by atoms with Crippen molar-refractivity contribution >= 4 is 74.5 Å². The lowest BCUT2D eigenvalue weighted by Crippen LogP contribution is -2.56. The fourth-order valence-corrected chi connectivity index (χ4v) is 7.34. The molecule has 0 unspecified atom stereocenters. The minimum absolute atomic E-state index is 0.0149. The smallest absolute Gasteiger partial charge is 0.271 e. The number of aromatic nitrogens is 3. The zero-order valence-electron chi connectivity index (χ0n) is 32.7. The quantitative estimate of drug-likeness (QED) is 0.118. The maximum atomic E-state index is 14.4. The average Bonchev–Trinajstić information content (AvgIpc) is 3.98. The second-order valence-electron chi connectivity index (χ2n) is 14.1. The van der Waals surface area contributed by atoms with Crippen LogP contribution in [0.1, 0.15) is 46.5 Å². The highest BCUT2D eigenvalue weighted by molar-refractivity contribution is 7.09. The topological polar surface area (TPSA) is 249 Å². The van der Waals surface area contributed by atoms with Gasteiger partial charge in [0.2, 0.25) is 29.5 Å². The van der Waals surface area contributed by atoms with E-state index in [4.69, 9.17) is 4.74 Å². The monoisotopic (exact) mass is 824 g/mol. The SMILES string of the molecule is C=C1NC(=O)[C@H](C)NC(=O)CNC(=O)[C@H](Cc2c[nH]c3ccc(OC)cc23)NC(=O)[C@H](Cc2c[nH]c3ccccc23)NC(=O)c2csc(n2)[C@H](C)NC(=O)CN(C)C1=O. The number of likely N-dealkylation sites (N-methyl/N-ethyl adjacent to an activating group) is 1. The normalized spacial score (nSPS) is 20.9. The van der Waals surface area contributed by atoms with Crippen LogP contribution in [-0.4, -0.2) is 107 Å². The van der Waals surface area contributed by atoms with E-state index in [9.17, 15) is 33.6 Å². The molecule has 308 valence electrons. The van der Waals surface area contributed by atoms with Crippen molar-refractivity contribution in [3.05, 3.63) is 94.3 Å². The molecule has 0 saturated carbocycles. The van der Waals surface area contributed by atoms with E-state index < -0.39 is 78.6 Å². The van der Waals surface area contributed by atoms with Gasteiger partial charge in [-0.3, -0.25) is 33.6 Å². The number of carbonyl (C=O) groups excluding carboxylic acids is 7. The lowest BCUT2D eigenvalue weighted by Gasteiger charge is -2.23. The second kappa shape index (κ2) is 18.1. The molecule has 0 fully saturated rings. The summed E-state index contributed by atoms with van der Waals surface area (Å²) in [5, 5.41) is 19.1. The molecule has 59 heavy (non-hydrogen) atoms. The number of carbonyl (C=O) groups is 7. The molecular weight excluding hydrogens is 781 g/mol. The Morgan fingerprint density at radius 3 is 2.19 bits per heavy atom. The van der Waals surface area contributed by atoms with E-state index in [-0.39, 0.29) is 24.2 Å². The molecule has 4 atom stereocenters. The van der Waals surface area contributed by atoms with Gasteiger partial charge in [-0.1, -0.05) is 24.8 Å². The van der Waals surface area contributed by atoms with Crippen LogP contribution in [0.5, 0.6) is 5.75 Å². The Labute approximate surface area is 341 Å². The first-order chi connectivity index (χ1) is 28.2. The summed E-state index contributed by atoms with van der Waals surface area (Å²) in [6, 6.07) is 8.50. The Morgan fingerprint density at radius 2 is 1.46 bits per heavy atom. The van der Waals surface area contributed by atoms with Crippen LogP contribution >= 0.6 is 11.3 Å². The third-order valence-electron chi connectivity index (χ3n) is 9.71. The molecule has 0 saturated heterocycles. The van der Waals surface area contributed by atoms with Gasteiger partial charge >= 0.3 is 0 Å². The number of nitrogens with one attached hydrogen (secondary N) is 8. The standard InChI is InChI=1S/C40H44N10O8S/c1-20-35(53)46-22(3)40(57)50(4)18-34(52)45-21(2)39-49-32(19-59-39)38(56)48-31(12-23-15-41-28-9-7-6-8-26(23)28)37(55)47-30(36(54)43-17-33(51)44-20)13-24-16-42-29-11-10-25(58-5)14-27(24)29/h6-11,14-16,19-21,30-31,41-42H,3,12-13,17-18H2,1-2,4-5H3,(H,43,54)(H,44,51)(H,45,52)(H,46,53)(H,47,55)(H,48,56)/t20-,21-,30-,31-/m0/s1. The van der Waals surface area contributed by atoms with E-state index >= 15 is 0 Å². The number of amides is 7. The predicted octanol–water partition coefficient (Wildman–Crippen LogP) is 1.08. The van der Waals surface area contributed by atoms with Gasteiger partial charge in [0.25, 0.3) is 11.8 Å². The summed E-state index contributed by atoms with van der Waals surface area (Å²) in [4.78, 5) is 106. The summed E-state index contributed by atoms with van der Waals surface area (Å²) in [6.45, 7) is 5.65. The summed E-state index contributed by atoms with van der Waals surface area (Å²) in [6.07, 6.45) is 3.42. The maximum absolute atomic E-state index is 14.4. The summed E-state index contributed by atoms with van der Waals surface area (Å²) in [5.74, 6) is -4.35. The number of benzene rings is 2. The van der Waals surface area contributed by atoms with E-state index in [0.29, 0.717) is 16.3 Å². The molecule has 6 rings (SSSR count). The molecule has 1 aliphatic heterocycles. The predicted molar refractivity (Wildman–Crippen MR) is 218 cm³/mol. The highest BCUT2D eigenvalue weighted by Crippen LogP contribution is 2.25. The van der Waals surface area contributed by atoms with Crippen molar-refractivity contribution < 1.29 is 38.3 Å². The third-order valence-corrected chi connectivity index (χ3v) is 10.7. The van der Waals surface area contributed by atoms with Crippen molar-refractivity contribution in [3.8, 4) is 5.75 Å². The van der Waals surface area contributed by atoms with Crippen LogP contribution in [0.25, 0.3) is 21.8 Å². The van der Waals surface area contributed by atoms with Crippen LogP contribution in [0.15, 0.2) is 72.5 Å². The average molecular weight is 825 g/mol. The Hall–Kier alpha value is -7.02. The van der Waals surface area contributed by atoms with Crippen molar-refractivity contribution in [2.75, 3.05) is 27.2 Å². The van der Waals surface area contributed by atoms with Gasteiger partial charge in [0, 0.05) is 59.5 Å². The minimum Gasteiger partial charge on any atom is -0.497 e. The molecule has 0 spiro atoms. The molecule has 0 radical (unpaired) electrons. The molecule has 1 aliphatic rings. The third kappa shape index (κ3) is 9.93. The lowest BCUT2D eigenvalue weighted by molar-refractivity contribution is -0.133. The van der Waals surface area contributed by atoms with Gasteiger partial charge in [0.15, 0.2) is 0 Å². The molecule has 8 N–H and O–H groups in total. The number of H-pyrrole nitrogens is 2. The van der Waals surface area contributed by atoms with Crippen LogP contribution < -0.4 is 36.6 Å².